The quantitative estimate of drug-likeness (QED) is 0.793. The maximum atomic E-state index is 12.4. The number of hydrogen-bond donors (Lipinski definition) is 1. The van der Waals surface area contributed by atoms with E-state index < -0.39 is 10.0 Å². The average molecular weight is 331 g/mol. The summed E-state index contributed by atoms with van der Waals surface area (Å²) in [5, 5.41) is 4.41. The van der Waals surface area contributed by atoms with Crippen LogP contribution in [0.25, 0.3) is 5.69 Å². The number of aromatic nitrogens is 4. The van der Waals surface area contributed by atoms with Crippen LogP contribution >= 0.6 is 0 Å². The van der Waals surface area contributed by atoms with Crippen LogP contribution < -0.4 is 4.72 Å². The lowest BCUT2D eigenvalue weighted by Crippen LogP contribution is -2.14. The van der Waals surface area contributed by atoms with Crippen molar-refractivity contribution in [1.82, 2.24) is 19.3 Å². The molecule has 0 fully saturated rings. The first kappa shape index (κ1) is 15.3. The third-order valence-corrected chi connectivity index (χ3v) is 4.72. The minimum Gasteiger partial charge on any atom is -0.339 e. The molecular formula is C15H17N5O2S. The van der Waals surface area contributed by atoms with E-state index in [2.05, 4.69) is 14.8 Å². The van der Waals surface area contributed by atoms with Crippen molar-refractivity contribution < 1.29 is 8.42 Å². The standard InChI is InChI=1S/C15H17N5O2S/c1-11-15(18-23(21,22)14-9-19(3)10-16-14)12(2)20(17-11)13-7-5-4-6-8-13/h4-10,18H,1-3H3. The van der Waals surface area contributed by atoms with Crippen molar-refractivity contribution in [3.63, 3.8) is 0 Å². The van der Waals surface area contributed by atoms with Crippen molar-refractivity contribution in [2.45, 2.75) is 18.9 Å². The second kappa shape index (κ2) is 5.54. The lowest BCUT2D eigenvalue weighted by molar-refractivity contribution is 0.598. The molecule has 0 atom stereocenters. The Morgan fingerprint density at radius 3 is 2.43 bits per heavy atom. The van der Waals surface area contributed by atoms with Crippen LogP contribution in [0.15, 0.2) is 47.9 Å². The molecule has 1 aromatic carbocycles. The number of aryl methyl sites for hydroxylation is 2. The summed E-state index contributed by atoms with van der Waals surface area (Å²) in [5.74, 6) is 0. The van der Waals surface area contributed by atoms with E-state index in [0.29, 0.717) is 17.1 Å². The Morgan fingerprint density at radius 1 is 1.13 bits per heavy atom. The Bertz CT molecular complexity index is 942. The number of nitrogens with one attached hydrogen (secondary N) is 1. The predicted octanol–water partition coefficient (Wildman–Crippen LogP) is 2.02. The summed E-state index contributed by atoms with van der Waals surface area (Å²) in [7, 11) is -2.02. The van der Waals surface area contributed by atoms with Gasteiger partial charge in [0.2, 0.25) is 0 Å². The van der Waals surface area contributed by atoms with Gasteiger partial charge in [0.1, 0.15) is 0 Å². The van der Waals surface area contributed by atoms with Gasteiger partial charge in [-0.3, -0.25) is 4.72 Å². The van der Waals surface area contributed by atoms with Crippen LogP contribution in [0.3, 0.4) is 0 Å². The normalized spacial score (nSPS) is 11.6. The van der Waals surface area contributed by atoms with Gasteiger partial charge in [-0.25, -0.2) is 9.67 Å². The number of benzene rings is 1. The van der Waals surface area contributed by atoms with E-state index in [0.717, 1.165) is 5.69 Å². The molecule has 2 heterocycles. The number of imidazole rings is 1. The Morgan fingerprint density at radius 2 is 1.83 bits per heavy atom. The summed E-state index contributed by atoms with van der Waals surface area (Å²) in [6.07, 6.45) is 2.90. The van der Waals surface area contributed by atoms with E-state index in [4.69, 9.17) is 0 Å². The van der Waals surface area contributed by atoms with Gasteiger partial charge < -0.3 is 4.57 Å². The fourth-order valence-electron chi connectivity index (χ4n) is 2.33. The molecule has 0 aliphatic carbocycles. The van der Waals surface area contributed by atoms with Crippen LogP contribution in [0, 0.1) is 13.8 Å². The van der Waals surface area contributed by atoms with Crippen molar-refractivity contribution in [2.24, 2.45) is 7.05 Å². The van der Waals surface area contributed by atoms with Gasteiger partial charge in [0.25, 0.3) is 10.0 Å². The molecule has 2 aromatic heterocycles. The molecule has 0 aliphatic rings. The molecule has 3 aromatic rings. The van der Waals surface area contributed by atoms with E-state index in [1.807, 2.05) is 37.3 Å². The van der Waals surface area contributed by atoms with E-state index in [9.17, 15) is 8.42 Å². The van der Waals surface area contributed by atoms with Crippen molar-refractivity contribution in [2.75, 3.05) is 4.72 Å². The van der Waals surface area contributed by atoms with Crippen LogP contribution in [-0.2, 0) is 17.1 Å². The molecule has 7 nitrogen and oxygen atoms in total. The van der Waals surface area contributed by atoms with Gasteiger partial charge in [-0.2, -0.15) is 13.5 Å². The molecule has 8 heteroatoms. The molecule has 1 N–H and O–H groups in total. The van der Waals surface area contributed by atoms with Crippen LogP contribution in [0.5, 0.6) is 0 Å². The molecule has 0 radical (unpaired) electrons. The third-order valence-electron chi connectivity index (χ3n) is 3.49. The summed E-state index contributed by atoms with van der Waals surface area (Å²) in [5.41, 5.74) is 2.66. The SMILES string of the molecule is Cc1nn(-c2ccccc2)c(C)c1NS(=O)(=O)c1cn(C)cn1. The zero-order chi connectivity index (χ0) is 16.6. The fraction of sp³-hybridized carbons (Fsp3) is 0.200. The lowest BCUT2D eigenvalue weighted by Gasteiger charge is -2.07. The number of nitrogens with zero attached hydrogens (tertiary/aromatic N) is 4. The fourth-order valence-corrected chi connectivity index (χ4v) is 3.48. The Labute approximate surface area is 134 Å². The molecule has 23 heavy (non-hydrogen) atoms. The van der Waals surface area contributed by atoms with Gasteiger partial charge in [0.15, 0.2) is 5.03 Å². The molecule has 3 rings (SSSR count). The summed E-state index contributed by atoms with van der Waals surface area (Å²) >= 11 is 0. The van der Waals surface area contributed by atoms with E-state index in [1.165, 1.54) is 12.5 Å². The lowest BCUT2D eigenvalue weighted by atomic mass is 10.3. The number of hydrogen-bond acceptors (Lipinski definition) is 4. The van der Waals surface area contributed by atoms with Crippen LogP contribution in [-0.4, -0.2) is 27.7 Å². The molecule has 0 saturated carbocycles. The predicted molar refractivity (Wildman–Crippen MR) is 87.1 cm³/mol. The average Bonchev–Trinajstić information content (AvgIpc) is 3.07. The number of rotatable bonds is 4. The highest BCUT2D eigenvalue weighted by Gasteiger charge is 2.22. The molecule has 0 bridgehead atoms. The van der Waals surface area contributed by atoms with E-state index in [1.54, 1.807) is 23.2 Å². The van der Waals surface area contributed by atoms with Gasteiger partial charge in [0.05, 0.1) is 29.1 Å². The smallest absolute Gasteiger partial charge is 0.281 e. The second-order valence-electron chi connectivity index (χ2n) is 5.28. The van der Waals surface area contributed by atoms with Crippen molar-refractivity contribution in [3.05, 3.63) is 54.2 Å². The Hall–Kier alpha value is -2.61. The van der Waals surface area contributed by atoms with Crippen molar-refractivity contribution in [1.29, 1.82) is 0 Å². The monoisotopic (exact) mass is 331 g/mol. The zero-order valence-corrected chi connectivity index (χ0v) is 13.9. The number of sulfonamides is 1. The minimum absolute atomic E-state index is 0.0220. The largest absolute Gasteiger partial charge is 0.339 e. The highest BCUT2D eigenvalue weighted by atomic mass is 32.2. The molecule has 0 aliphatic heterocycles. The van der Waals surface area contributed by atoms with Crippen molar-refractivity contribution >= 4 is 15.7 Å². The summed E-state index contributed by atoms with van der Waals surface area (Å²) in [6.45, 7) is 3.59. The summed E-state index contributed by atoms with van der Waals surface area (Å²) in [6, 6.07) is 9.56. The second-order valence-corrected chi connectivity index (χ2v) is 6.91. The molecule has 0 saturated heterocycles. The minimum atomic E-state index is -3.74. The highest BCUT2D eigenvalue weighted by molar-refractivity contribution is 7.92. The van der Waals surface area contributed by atoms with Crippen molar-refractivity contribution in [3.8, 4) is 5.69 Å². The molecule has 0 unspecified atom stereocenters. The van der Waals surface area contributed by atoms with E-state index in [-0.39, 0.29) is 5.03 Å². The van der Waals surface area contributed by atoms with Crippen LogP contribution in [0.2, 0.25) is 0 Å². The molecule has 0 amide bonds. The van der Waals surface area contributed by atoms with Gasteiger partial charge >= 0.3 is 0 Å². The topological polar surface area (TPSA) is 81.8 Å². The summed E-state index contributed by atoms with van der Waals surface area (Å²) < 4.78 is 30.8. The maximum absolute atomic E-state index is 12.4. The number of para-hydroxylation sites is 1. The summed E-state index contributed by atoms with van der Waals surface area (Å²) in [4.78, 5) is 3.89. The van der Waals surface area contributed by atoms with Gasteiger partial charge in [-0.1, -0.05) is 18.2 Å². The van der Waals surface area contributed by atoms with Crippen LogP contribution in [0.4, 0.5) is 5.69 Å². The van der Waals surface area contributed by atoms with Crippen LogP contribution in [0.1, 0.15) is 11.4 Å². The first-order valence-electron chi connectivity index (χ1n) is 7.01. The third kappa shape index (κ3) is 2.85. The Balaban J connectivity index is 2.00. The highest BCUT2D eigenvalue weighted by Crippen LogP contribution is 2.25. The molecule has 120 valence electrons. The molecular weight excluding hydrogens is 314 g/mol. The van der Waals surface area contributed by atoms with Gasteiger partial charge in [0, 0.05) is 13.2 Å². The maximum Gasteiger partial charge on any atom is 0.281 e. The first-order chi connectivity index (χ1) is 10.9. The molecule has 0 spiro atoms. The van der Waals surface area contributed by atoms with Gasteiger partial charge in [-0.05, 0) is 26.0 Å². The Kier molecular flexibility index (Phi) is 3.69. The van der Waals surface area contributed by atoms with E-state index >= 15 is 0 Å². The first-order valence-corrected chi connectivity index (χ1v) is 8.49. The number of anilines is 1. The van der Waals surface area contributed by atoms with Gasteiger partial charge in [-0.15, -0.1) is 0 Å². The zero-order valence-electron chi connectivity index (χ0n) is 13.1.